The molecule has 3 heterocycles. The van der Waals surface area contributed by atoms with E-state index in [2.05, 4.69) is 24.7 Å². The maximum atomic E-state index is 12.3. The van der Waals surface area contributed by atoms with Gasteiger partial charge in [0.1, 0.15) is 4.90 Å². The third kappa shape index (κ3) is 3.86. The van der Waals surface area contributed by atoms with Crippen molar-refractivity contribution in [1.29, 1.82) is 0 Å². The molecule has 0 unspecified atom stereocenters. The van der Waals surface area contributed by atoms with Crippen molar-refractivity contribution >= 4 is 31.3 Å². The topological polar surface area (TPSA) is 138 Å². The van der Waals surface area contributed by atoms with Gasteiger partial charge in [-0.05, 0) is 32.0 Å². The fraction of sp³-hybridized carbons (Fsp3) is 0.286. The summed E-state index contributed by atoms with van der Waals surface area (Å²) in [6.45, 7) is 2.87. The summed E-state index contributed by atoms with van der Waals surface area (Å²) in [7, 11) is -7.57. The Balaban J connectivity index is 1.65. The number of nitrogens with zero attached hydrogens (tertiary/aromatic N) is 3. The normalized spacial score (nSPS) is 12.5. The van der Waals surface area contributed by atoms with E-state index < -0.39 is 25.8 Å². The van der Waals surface area contributed by atoms with Gasteiger partial charge in [-0.3, -0.25) is 9.82 Å². The van der Waals surface area contributed by atoms with Crippen LogP contribution in [0, 0.1) is 13.8 Å². The number of aryl methyl sites for hydroxylation is 2. The molecular formula is C14H18N6O4S2. The summed E-state index contributed by atoms with van der Waals surface area (Å²) in [4.78, 5) is 0.0361. The van der Waals surface area contributed by atoms with E-state index in [9.17, 15) is 16.8 Å². The highest BCUT2D eigenvalue weighted by molar-refractivity contribution is 7.92. The van der Waals surface area contributed by atoms with Gasteiger partial charge in [0.25, 0.3) is 0 Å². The molecule has 0 aliphatic rings. The van der Waals surface area contributed by atoms with Crippen molar-refractivity contribution in [1.82, 2.24) is 24.5 Å². The van der Waals surface area contributed by atoms with Crippen molar-refractivity contribution < 1.29 is 16.8 Å². The van der Waals surface area contributed by atoms with E-state index >= 15 is 0 Å². The molecule has 0 saturated heterocycles. The van der Waals surface area contributed by atoms with E-state index in [1.165, 1.54) is 0 Å². The van der Waals surface area contributed by atoms with E-state index in [4.69, 9.17) is 0 Å². The molecular weight excluding hydrogens is 380 g/mol. The summed E-state index contributed by atoms with van der Waals surface area (Å²) >= 11 is 0. The van der Waals surface area contributed by atoms with Crippen LogP contribution in [0.15, 0.2) is 35.5 Å². The number of aromatic amines is 1. The number of sulfonamides is 2. The summed E-state index contributed by atoms with van der Waals surface area (Å²) in [6, 6.07) is 4.94. The first-order valence-corrected chi connectivity index (χ1v) is 10.8. The molecule has 0 spiro atoms. The van der Waals surface area contributed by atoms with Crippen LogP contribution in [0.5, 0.6) is 0 Å². The van der Waals surface area contributed by atoms with Crippen molar-refractivity contribution in [2.45, 2.75) is 18.7 Å². The Bertz CT molecular complexity index is 1130. The monoisotopic (exact) mass is 398 g/mol. The Hall–Kier alpha value is -2.44. The lowest BCUT2D eigenvalue weighted by atomic mass is 10.4. The Kier molecular flexibility index (Phi) is 4.73. The molecule has 12 heteroatoms. The predicted octanol–water partition coefficient (Wildman–Crippen LogP) is 0.394. The Labute approximate surface area is 150 Å². The molecule has 0 aliphatic carbocycles. The highest BCUT2D eigenvalue weighted by atomic mass is 32.2. The van der Waals surface area contributed by atoms with Crippen LogP contribution >= 0.6 is 0 Å². The van der Waals surface area contributed by atoms with Crippen molar-refractivity contribution in [3.05, 3.63) is 42.0 Å². The maximum absolute atomic E-state index is 12.3. The number of anilines is 1. The first kappa shape index (κ1) is 18.4. The number of hydrogen-bond acceptors (Lipinski definition) is 6. The van der Waals surface area contributed by atoms with Crippen LogP contribution in [-0.4, -0.2) is 48.9 Å². The Morgan fingerprint density at radius 3 is 2.65 bits per heavy atom. The number of fused-ring (bicyclic) bond motifs is 1. The molecule has 26 heavy (non-hydrogen) atoms. The van der Waals surface area contributed by atoms with Crippen LogP contribution in [0.4, 0.5) is 5.69 Å². The van der Waals surface area contributed by atoms with Gasteiger partial charge in [-0.1, -0.05) is 0 Å². The lowest BCUT2D eigenvalue weighted by Crippen LogP contribution is -2.31. The van der Waals surface area contributed by atoms with Gasteiger partial charge in [-0.25, -0.2) is 26.1 Å². The van der Waals surface area contributed by atoms with Crippen molar-refractivity contribution in [2.24, 2.45) is 0 Å². The van der Waals surface area contributed by atoms with Gasteiger partial charge in [0.15, 0.2) is 0 Å². The minimum Gasteiger partial charge on any atom is -0.283 e. The second-order valence-electron chi connectivity index (χ2n) is 5.70. The molecule has 0 aliphatic heterocycles. The fourth-order valence-corrected chi connectivity index (χ4v) is 5.02. The van der Waals surface area contributed by atoms with E-state index in [1.54, 1.807) is 49.0 Å². The Morgan fingerprint density at radius 1 is 1.19 bits per heavy atom. The van der Waals surface area contributed by atoms with Crippen LogP contribution < -0.4 is 9.44 Å². The smallest absolute Gasteiger partial charge is 0.244 e. The van der Waals surface area contributed by atoms with Gasteiger partial charge in [0, 0.05) is 18.9 Å². The van der Waals surface area contributed by atoms with Crippen LogP contribution in [-0.2, 0) is 20.0 Å². The zero-order valence-electron chi connectivity index (χ0n) is 14.1. The molecule has 10 nitrogen and oxygen atoms in total. The van der Waals surface area contributed by atoms with Gasteiger partial charge >= 0.3 is 0 Å². The number of nitrogens with one attached hydrogen (secondary N) is 3. The molecule has 3 N–H and O–H groups in total. The van der Waals surface area contributed by atoms with Gasteiger partial charge < -0.3 is 0 Å². The highest BCUT2D eigenvalue weighted by Gasteiger charge is 2.22. The molecule has 3 aromatic rings. The Morgan fingerprint density at radius 2 is 1.96 bits per heavy atom. The van der Waals surface area contributed by atoms with Crippen LogP contribution in [0.1, 0.15) is 11.4 Å². The van der Waals surface area contributed by atoms with E-state index in [0.717, 1.165) is 5.52 Å². The summed E-state index contributed by atoms with van der Waals surface area (Å²) in [6.07, 6.45) is 3.22. The van der Waals surface area contributed by atoms with Gasteiger partial charge in [0.05, 0.1) is 28.3 Å². The maximum Gasteiger partial charge on any atom is 0.244 e. The third-order valence-corrected chi connectivity index (χ3v) is 6.68. The van der Waals surface area contributed by atoms with Crippen LogP contribution in [0.3, 0.4) is 0 Å². The minimum absolute atomic E-state index is 0.0361. The molecule has 0 saturated carbocycles. The largest absolute Gasteiger partial charge is 0.283 e. The van der Waals surface area contributed by atoms with Crippen LogP contribution in [0.2, 0.25) is 0 Å². The molecule has 0 bridgehead atoms. The summed E-state index contributed by atoms with van der Waals surface area (Å²) in [5.74, 6) is -0.410. The molecule has 3 rings (SSSR count). The minimum atomic E-state index is -3.84. The predicted molar refractivity (Wildman–Crippen MR) is 95.9 cm³/mol. The molecule has 0 amide bonds. The van der Waals surface area contributed by atoms with Gasteiger partial charge in [-0.15, -0.1) is 0 Å². The molecule has 0 radical (unpaired) electrons. The average Bonchev–Trinajstić information content (AvgIpc) is 3.12. The quantitative estimate of drug-likeness (QED) is 0.526. The third-order valence-electron chi connectivity index (χ3n) is 3.67. The first-order valence-electron chi connectivity index (χ1n) is 7.63. The first-order chi connectivity index (χ1) is 12.2. The van der Waals surface area contributed by atoms with Crippen molar-refractivity contribution in [2.75, 3.05) is 17.0 Å². The fourth-order valence-electron chi connectivity index (χ4n) is 2.53. The summed E-state index contributed by atoms with van der Waals surface area (Å²) < 4.78 is 55.3. The molecule has 0 aromatic carbocycles. The number of aromatic nitrogens is 4. The van der Waals surface area contributed by atoms with Crippen LogP contribution in [0.25, 0.3) is 5.52 Å². The molecule has 0 fully saturated rings. The number of rotatable bonds is 7. The zero-order chi connectivity index (χ0) is 18.9. The van der Waals surface area contributed by atoms with Gasteiger partial charge in [0.2, 0.25) is 20.0 Å². The molecule has 3 aromatic heterocycles. The number of pyridine rings is 1. The zero-order valence-corrected chi connectivity index (χ0v) is 15.7. The van der Waals surface area contributed by atoms with Crippen molar-refractivity contribution in [3.63, 3.8) is 0 Å². The number of H-pyrrole nitrogens is 1. The van der Waals surface area contributed by atoms with Crippen molar-refractivity contribution in [3.8, 4) is 0 Å². The van der Waals surface area contributed by atoms with E-state index in [0.29, 0.717) is 17.1 Å². The SMILES string of the molecule is Cc1n[nH]c(C)c1S(=O)(=O)NCCS(=O)(=O)Nc1ccn2nccc2c1. The molecule has 0 atom stereocenters. The second kappa shape index (κ2) is 6.70. The average molecular weight is 398 g/mol. The standard InChI is InChI=1S/C14H18N6O4S2/c1-10-14(11(2)18-17-10)26(23,24)16-6-8-25(21,22)19-12-4-7-20-13(9-12)3-5-15-20/h3-5,7,9,16,19H,6,8H2,1-2H3,(H,17,18). The second-order valence-corrected chi connectivity index (χ2v) is 9.24. The van der Waals surface area contributed by atoms with E-state index in [1.807, 2.05) is 0 Å². The summed E-state index contributed by atoms with van der Waals surface area (Å²) in [5.41, 5.74) is 1.83. The summed E-state index contributed by atoms with van der Waals surface area (Å²) in [5, 5.41) is 10.4. The van der Waals surface area contributed by atoms with E-state index in [-0.39, 0.29) is 11.4 Å². The van der Waals surface area contributed by atoms with Gasteiger partial charge in [-0.2, -0.15) is 10.2 Å². The lowest BCUT2D eigenvalue weighted by Gasteiger charge is -2.10. The number of hydrogen-bond donors (Lipinski definition) is 3. The highest BCUT2D eigenvalue weighted by Crippen LogP contribution is 2.16. The molecule has 140 valence electrons. The lowest BCUT2D eigenvalue weighted by molar-refractivity contribution is 0.581.